The zero-order chi connectivity index (χ0) is 11.4. The van der Waals surface area contributed by atoms with Gasteiger partial charge in [0.1, 0.15) is 0 Å². The highest BCUT2D eigenvalue weighted by atomic mass is 32.1. The van der Waals surface area contributed by atoms with Crippen LogP contribution in [0.15, 0.2) is 0 Å². The van der Waals surface area contributed by atoms with Crippen molar-refractivity contribution in [3.8, 4) is 0 Å². The zero-order valence-corrected chi connectivity index (χ0v) is 10.9. The Morgan fingerprint density at radius 2 is 1.75 bits per heavy atom. The van der Waals surface area contributed by atoms with Gasteiger partial charge in [0, 0.05) is 19.0 Å². The van der Waals surface area contributed by atoms with E-state index in [0.717, 1.165) is 18.7 Å². The molecule has 0 aromatic heterocycles. The van der Waals surface area contributed by atoms with E-state index in [4.69, 9.17) is 0 Å². The highest BCUT2D eigenvalue weighted by molar-refractivity contribution is 7.80. The topological polar surface area (TPSA) is 20.3 Å². The second-order valence-electron chi connectivity index (χ2n) is 5.30. The molecule has 2 fully saturated rings. The van der Waals surface area contributed by atoms with Crippen LogP contribution < -0.4 is 0 Å². The Labute approximate surface area is 104 Å². The summed E-state index contributed by atoms with van der Waals surface area (Å²) in [5, 5.41) is 0. The summed E-state index contributed by atoms with van der Waals surface area (Å²) >= 11 is 4.32. The van der Waals surface area contributed by atoms with Gasteiger partial charge in [0.25, 0.3) is 0 Å². The molecule has 0 N–H and O–H groups in total. The van der Waals surface area contributed by atoms with Crippen LogP contribution in [0.5, 0.6) is 0 Å². The van der Waals surface area contributed by atoms with Gasteiger partial charge in [0.2, 0.25) is 5.91 Å². The average molecular weight is 241 g/mol. The third-order valence-electron chi connectivity index (χ3n) is 4.01. The lowest BCUT2D eigenvalue weighted by atomic mass is 9.96. The Morgan fingerprint density at radius 3 is 2.31 bits per heavy atom. The lowest BCUT2D eigenvalue weighted by Crippen LogP contribution is -2.37. The predicted octanol–water partition coefficient (Wildman–Crippen LogP) is 2.88. The molecule has 0 spiro atoms. The summed E-state index contributed by atoms with van der Waals surface area (Å²) in [4.78, 5) is 14.1. The summed E-state index contributed by atoms with van der Waals surface area (Å²) in [6, 6.07) is 0.540. The number of carbonyl (C=O) groups excluding carboxylic acids is 1. The Bertz CT molecular complexity index is 236. The molecule has 1 aliphatic heterocycles. The van der Waals surface area contributed by atoms with Crippen LogP contribution >= 0.6 is 12.6 Å². The van der Waals surface area contributed by atoms with Gasteiger partial charge in [0.15, 0.2) is 0 Å². The summed E-state index contributed by atoms with van der Waals surface area (Å²) < 4.78 is 0. The molecule has 92 valence electrons. The molecule has 1 aliphatic carbocycles. The number of carbonyl (C=O) groups is 1. The molecule has 1 atom stereocenters. The van der Waals surface area contributed by atoms with Crippen molar-refractivity contribution in [3.63, 3.8) is 0 Å². The third-order valence-corrected chi connectivity index (χ3v) is 4.53. The maximum Gasteiger partial charge on any atom is 0.223 e. The first-order chi connectivity index (χ1) is 7.81. The summed E-state index contributed by atoms with van der Waals surface area (Å²) in [6.07, 6.45) is 9.90. The van der Waals surface area contributed by atoms with Gasteiger partial charge in [-0.15, -0.1) is 0 Å². The number of nitrogens with zero attached hydrogens (tertiary/aromatic N) is 1. The fourth-order valence-electron chi connectivity index (χ4n) is 3.03. The summed E-state index contributed by atoms with van der Waals surface area (Å²) in [5.41, 5.74) is 0. The number of likely N-dealkylation sites (tertiary alicyclic amines) is 1. The zero-order valence-electron chi connectivity index (χ0n) is 10.0. The monoisotopic (exact) mass is 241 g/mol. The Morgan fingerprint density at radius 1 is 1.12 bits per heavy atom. The van der Waals surface area contributed by atoms with Gasteiger partial charge in [-0.25, -0.2) is 0 Å². The standard InChI is InChI=1S/C13H23NOS/c15-13-8-11(10-16)9-14(13)12-6-4-2-1-3-5-7-12/h11-12,16H,1-10H2. The molecule has 2 nitrogen and oxygen atoms in total. The van der Waals surface area contributed by atoms with Gasteiger partial charge in [-0.05, 0) is 24.5 Å². The van der Waals surface area contributed by atoms with E-state index in [1.165, 1.54) is 44.9 Å². The molecule has 2 rings (SSSR count). The van der Waals surface area contributed by atoms with Crippen LogP contribution in [0.4, 0.5) is 0 Å². The minimum Gasteiger partial charge on any atom is -0.339 e. The van der Waals surface area contributed by atoms with Gasteiger partial charge >= 0.3 is 0 Å². The quantitative estimate of drug-likeness (QED) is 0.737. The van der Waals surface area contributed by atoms with Crippen molar-refractivity contribution in [2.24, 2.45) is 5.92 Å². The van der Waals surface area contributed by atoms with Crippen LogP contribution in [-0.4, -0.2) is 29.1 Å². The van der Waals surface area contributed by atoms with Gasteiger partial charge in [0.05, 0.1) is 0 Å². The molecule has 16 heavy (non-hydrogen) atoms. The second-order valence-corrected chi connectivity index (χ2v) is 5.66. The minimum absolute atomic E-state index is 0.379. The fraction of sp³-hybridized carbons (Fsp3) is 0.923. The van der Waals surface area contributed by atoms with Crippen molar-refractivity contribution >= 4 is 18.5 Å². The normalized spacial score (nSPS) is 29.2. The van der Waals surface area contributed by atoms with Crippen molar-refractivity contribution in [1.82, 2.24) is 4.90 Å². The van der Waals surface area contributed by atoms with Crippen molar-refractivity contribution in [2.75, 3.05) is 12.3 Å². The molecule has 0 aromatic carbocycles. The molecular formula is C13H23NOS. The Balaban J connectivity index is 1.91. The molecule has 0 radical (unpaired) electrons. The van der Waals surface area contributed by atoms with E-state index < -0.39 is 0 Å². The predicted molar refractivity (Wildman–Crippen MR) is 69.8 cm³/mol. The van der Waals surface area contributed by atoms with Crippen molar-refractivity contribution < 1.29 is 4.79 Å². The lowest BCUT2D eigenvalue weighted by Gasteiger charge is -2.29. The van der Waals surface area contributed by atoms with Crippen molar-refractivity contribution in [2.45, 2.75) is 57.4 Å². The van der Waals surface area contributed by atoms with E-state index in [1.807, 2.05) is 0 Å². The molecule has 1 amide bonds. The van der Waals surface area contributed by atoms with Crippen LogP contribution in [0.25, 0.3) is 0 Å². The van der Waals surface area contributed by atoms with Gasteiger partial charge < -0.3 is 4.90 Å². The molecule has 1 saturated heterocycles. The maximum atomic E-state index is 11.9. The van der Waals surface area contributed by atoms with Gasteiger partial charge in [-0.3, -0.25) is 4.79 Å². The highest BCUT2D eigenvalue weighted by Crippen LogP contribution is 2.27. The van der Waals surface area contributed by atoms with Gasteiger partial charge in [-0.1, -0.05) is 32.1 Å². The molecule has 0 aromatic rings. The number of rotatable bonds is 2. The third kappa shape index (κ3) is 2.93. The van der Waals surface area contributed by atoms with Gasteiger partial charge in [-0.2, -0.15) is 12.6 Å². The average Bonchev–Trinajstić information content (AvgIpc) is 2.60. The molecule has 1 saturated carbocycles. The summed E-state index contributed by atoms with van der Waals surface area (Å²) in [5.74, 6) is 1.74. The molecule has 3 heteroatoms. The Kier molecular flexibility index (Phi) is 4.56. The first-order valence-corrected chi connectivity index (χ1v) is 7.35. The fourth-order valence-corrected chi connectivity index (χ4v) is 3.27. The van der Waals surface area contributed by atoms with Crippen LogP contribution in [0.3, 0.4) is 0 Å². The van der Waals surface area contributed by atoms with E-state index in [0.29, 0.717) is 17.9 Å². The SMILES string of the molecule is O=C1CC(CS)CN1C1CCCCCCC1. The maximum absolute atomic E-state index is 11.9. The van der Waals surface area contributed by atoms with E-state index in [1.54, 1.807) is 0 Å². The smallest absolute Gasteiger partial charge is 0.223 e. The van der Waals surface area contributed by atoms with E-state index in [2.05, 4.69) is 17.5 Å². The van der Waals surface area contributed by atoms with E-state index >= 15 is 0 Å². The summed E-state index contributed by atoms with van der Waals surface area (Å²) in [6.45, 7) is 0.965. The molecular weight excluding hydrogens is 218 g/mol. The largest absolute Gasteiger partial charge is 0.339 e. The van der Waals surface area contributed by atoms with Crippen molar-refractivity contribution in [1.29, 1.82) is 0 Å². The number of thiol groups is 1. The number of hydrogen-bond donors (Lipinski definition) is 1. The number of hydrogen-bond acceptors (Lipinski definition) is 2. The first kappa shape index (κ1) is 12.3. The van der Waals surface area contributed by atoms with E-state index in [9.17, 15) is 4.79 Å². The summed E-state index contributed by atoms with van der Waals surface area (Å²) in [7, 11) is 0. The Hall–Kier alpha value is -0.180. The molecule has 0 bridgehead atoms. The minimum atomic E-state index is 0.379. The highest BCUT2D eigenvalue weighted by Gasteiger charge is 2.33. The molecule has 1 unspecified atom stereocenters. The lowest BCUT2D eigenvalue weighted by molar-refractivity contribution is -0.130. The molecule has 2 aliphatic rings. The van der Waals surface area contributed by atoms with Crippen LogP contribution in [-0.2, 0) is 4.79 Å². The van der Waals surface area contributed by atoms with Crippen molar-refractivity contribution in [3.05, 3.63) is 0 Å². The van der Waals surface area contributed by atoms with Crippen LogP contribution in [0, 0.1) is 5.92 Å². The number of amides is 1. The molecule has 1 heterocycles. The van der Waals surface area contributed by atoms with Crippen LogP contribution in [0.1, 0.15) is 51.4 Å². The van der Waals surface area contributed by atoms with Crippen LogP contribution in [0.2, 0.25) is 0 Å². The first-order valence-electron chi connectivity index (χ1n) is 6.71. The second kappa shape index (κ2) is 5.95. The van der Waals surface area contributed by atoms with E-state index in [-0.39, 0.29) is 0 Å².